The maximum absolute atomic E-state index is 8.94. The average molecular weight is 159 g/mol. The van der Waals surface area contributed by atoms with Crippen molar-refractivity contribution in [1.82, 2.24) is 5.32 Å². The van der Waals surface area contributed by atoms with Gasteiger partial charge in [-0.1, -0.05) is 33.6 Å². The Morgan fingerprint density at radius 3 is 2.36 bits per heavy atom. The summed E-state index contributed by atoms with van der Waals surface area (Å²) >= 11 is 0. The second kappa shape index (κ2) is 6.62. The summed E-state index contributed by atoms with van der Waals surface area (Å²) in [5, 5.41) is 12.3. The van der Waals surface area contributed by atoms with E-state index in [0.717, 1.165) is 6.42 Å². The third-order valence-electron chi connectivity index (χ3n) is 1.70. The summed E-state index contributed by atoms with van der Waals surface area (Å²) in [5.41, 5.74) is 0. The molecular formula is C9H21NO. The molecule has 0 aliphatic heterocycles. The molecule has 0 rings (SSSR count). The van der Waals surface area contributed by atoms with Gasteiger partial charge in [-0.3, -0.25) is 0 Å². The summed E-state index contributed by atoms with van der Waals surface area (Å²) in [5.74, 6) is 0. The van der Waals surface area contributed by atoms with Crippen molar-refractivity contribution in [1.29, 1.82) is 0 Å². The lowest BCUT2D eigenvalue weighted by atomic mass is 10.1. The van der Waals surface area contributed by atoms with E-state index in [1.165, 1.54) is 12.8 Å². The minimum atomic E-state index is 0.262. The summed E-state index contributed by atoms with van der Waals surface area (Å²) in [4.78, 5) is 0. The van der Waals surface area contributed by atoms with Crippen LogP contribution in [0.2, 0.25) is 0 Å². The fourth-order valence-corrected chi connectivity index (χ4v) is 1.15. The van der Waals surface area contributed by atoms with Crippen LogP contribution in [0.25, 0.3) is 0 Å². The van der Waals surface area contributed by atoms with E-state index in [0.29, 0.717) is 12.1 Å². The molecule has 0 saturated heterocycles. The van der Waals surface area contributed by atoms with Crippen LogP contribution in [-0.2, 0) is 0 Å². The molecule has 0 radical (unpaired) electrons. The molecule has 1 atom stereocenters. The van der Waals surface area contributed by atoms with E-state index < -0.39 is 0 Å². The lowest BCUT2D eigenvalue weighted by molar-refractivity contribution is 0.226. The third-order valence-corrected chi connectivity index (χ3v) is 1.70. The van der Waals surface area contributed by atoms with Gasteiger partial charge in [-0.2, -0.15) is 0 Å². The number of aliphatic hydroxyl groups is 1. The van der Waals surface area contributed by atoms with Gasteiger partial charge in [0.15, 0.2) is 0 Å². The molecule has 2 nitrogen and oxygen atoms in total. The molecule has 0 saturated carbocycles. The molecule has 2 heteroatoms. The molecule has 0 spiro atoms. The van der Waals surface area contributed by atoms with Gasteiger partial charge in [0.25, 0.3) is 0 Å². The molecule has 0 bridgehead atoms. The Balaban J connectivity index is 3.41. The highest BCUT2D eigenvalue weighted by atomic mass is 16.3. The van der Waals surface area contributed by atoms with Crippen molar-refractivity contribution >= 4 is 0 Å². The van der Waals surface area contributed by atoms with Gasteiger partial charge < -0.3 is 10.4 Å². The second-order valence-electron chi connectivity index (χ2n) is 3.34. The maximum Gasteiger partial charge on any atom is 0.0584 e. The fourth-order valence-electron chi connectivity index (χ4n) is 1.15. The molecule has 0 aliphatic rings. The number of hydrogen-bond donors (Lipinski definition) is 2. The van der Waals surface area contributed by atoms with Crippen LogP contribution in [0.3, 0.4) is 0 Å². The largest absolute Gasteiger partial charge is 0.395 e. The van der Waals surface area contributed by atoms with Gasteiger partial charge in [0.1, 0.15) is 0 Å². The van der Waals surface area contributed by atoms with Gasteiger partial charge in [0.2, 0.25) is 0 Å². The van der Waals surface area contributed by atoms with Crippen LogP contribution in [0.5, 0.6) is 0 Å². The molecule has 0 aliphatic carbocycles. The Hall–Kier alpha value is -0.0800. The third kappa shape index (κ3) is 6.32. The first-order valence-electron chi connectivity index (χ1n) is 4.57. The van der Waals surface area contributed by atoms with Gasteiger partial charge in [-0.25, -0.2) is 0 Å². The highest BCUT2D eigenvalue weighted by molar-refractivity contribution is 4.67. The average Bonchev–Trinajstić information content (AvgIpc) is 1.97. The molecule has 0 heterocycles. The number of rotatable bonds is 6. The van der Waals surface area contributed by atoms with Crippen molar-refractivity contribution in [2.75, 3.05) is 6.61 Å². The topological polar surface area (TPSA) is 32.3 Å². The second-order valence-corrected chi connectivity index (χ2v) is 3.34. The van der Waals surface area contributed by atoms with Crippen molar-refractivity contribution in [2.24, 2.45) is 0 Å². The first-order valence-corrected chi connectivity index (χ1v) is 4.57. The number of unbranched alkanes of at least 4 members (excludes halogenated alkanes) is 1. The lowest BCUT2D eigenvalue weighted by Crippen LogP contribution is -2.37. The number of nitrogens with one attached hydrogen (secondary N) is 1. The van der Waals surface area contributed by atoms with Crippen molar-refractivity contribution < 1.29 is 5.11 Å². The highest BCUT2D eigenvalue weighted by Gasteiger charge is 2.06. The summed E-state index contributed by atoms with van der Waals surface area (Å²) < 4.78 is 0. The smallest absolute Gasteiger partial charge is 0.0584 e. The molecule has 0 fully saturated rings. The van der Waals surface area contributed by atoms with Crippen molar-refractivity contribution in [3.63, 3.8) is 0 Å². The van der Waals surface area contributed by atoms with E-state index in [9.17, 15) is 0 Å². The predicted molar refractivity (Wildman–Crippen MR) is 48.7 cm³/mol. The number of hydrogen-bond acceptors (Lipinski definition) is 2. The van der Waals surface area contributed by atoms with Crippen LogP contribution >= 0.6 is 0 Å². The summed E-state index contributed by atoms with van der Waals surface area (Å²) in [6.45, 7) is 6.64. The monoisotopic (exact) mass is 159 g/mol. The van der Waals surface area contributed by atoms with Gasteiger partial charge >= 0.3 is 0 Å². The molecule has 1 unspecified atom stereocenters. The Morgan fingerprint density at radius 1 is 1.36 bits per heavy atom. The lowest BCUT2D eigenvalue weighted by Gasteiger charge is -2.18. The SMILES string of the molecule is CCCCC(CO)NC(C)C. The minimum Gasteiger partial charge on any atom is -0.395 e. The normalized spacial score (nSPS) is 13.9. The van der Waals surface area contributed by atoms with E-state index in [4.69, 9.17) is 5.11 Å². The standard InChI is InChI=1S/C9H21NO/c1-4-5-6-9(7-11)10-8(2)3/h8-11H,4-7H2,1-3H3. The first-order chi connectivity index (χ1) is 5.20. The van der Waals surface area contributed by atoms with Crippen LogP contribution in [-0.4, -0.2) is 23.8 Å². The fraction of sp³-hybridized carbons (Fsp3) is 1.00. The van der Waals surface area contributed by atoms with E-state index in [-0.39, 0.29) is 6.61 Å². The number of aliphatic hydroxyl groups excluding tert-OH is 1. The Labute approximate surface area is 70.0 Å². The molecule has 68 valence electrons. The van der Waals surface area contributed by atoms with Crippen LogP contribution in [0.15, 0.2) is 0 Å². The van der Waals surface area contributed by atoms with Crippen LogP contribution in [0, 0.1) is 0 Å². The van der Waals surface area contributed by atoms with Crippen molar-refractivity contribution in [2.45, 2.75) is 52.1 Å². The molecule has 0 aromatic carbocycles. The molecule has 0 amide bonds. The minimum absolute atomic E-state index is 0.262. The highest BCUT2D eigenvalue weighted by Crippen LogP contribution is 2.00. The summed E-state index contributed by atoms with van der Waals surface area (Å²) in [6.07, 6.45) is 3.49. The molecule has 2 N–H and O–H groups in total. The van der Waals surface area contributed by atoms with E-state index in [1.54, 1.807) is 0 Å². The predicted octanol–water partition coefficient (Wildman–Crippen LogP) is 1.54. The molecule has 0 aromatic rings. The van der Waals surface area contributed by atoms with Crippen LogP contribution < -0.4 is 5.32 Å². The summed E-state index contributed by atoms with van der Waals surface area (Å²) in [6, 6.07) is 0.777. The van der Waals surface area contributed by atoms with Crippen LogP contribution in [0.4, 0.5) is 0 Å². The van der Waals surface area contributed by atoms with E-state index >= 15 is 0 Å². The molecular weight excluding hydrogens is 138 g/mol. The summed E-state index contributed by atoms with van der Waals surface area (Å²) in [7, 11) is 0. The van der Waals surface area contributed by atoms with Gasteiger partial charge in [-0.15, -0.1) is 0 Å². The Morgan fingerprint density at radius 2 is 2.00 bits per heavy atom. The quantitative estimate of drug-likeness (QED) is 0.616. The van der Waals surface area contributed by atoms with E-state index in [2.05, 4.69) is 26.1 Å². The van der Waals surface area contributed by atoms with Crippen molar-refractivity contribution in [3.05, 3.63) is 0 Å². The Bertz CT molecular complexity index is 83.6. The van der Waals surface area contributed by atoms with Gasteiger partial charge in [0, 0.05) is 12.1 Å². The van der Waals surface area contributed by atoms with Crippen molar-refractivity contribution in [3.8, 4) is 0 Å². The molecule has 11 heavy (non-hydrogen) atoms. The first kappa shape index (κ1) is 10.9. The van der Waals surface area contributed by atoms with Gasteiger partial charge in [-0.05, 0) is 6.42 Å². The zero-order valence-electron chi connectivity index (χ0n) is 7.93. The maximum atomic E-state index is 8.94. The zero-order valence-corrected chi connectivity index (χ0v) is 7.93. The zero-order chi connectivity index (χ0) is 8.69. The molecule has 0 aromatic heterocycles. The van der Waals surface area contributed by atoms with Crippen LogP contribution in [0.1, 0.15) is 40.0 Å². The van der Waals surface area contributed by atoms with Gasteiger partial charge in [0.05, 0.1) is 6.61 Å². The Kier molecular flexibility index (Phi) is 6.57. The van der Waals surface area contributed by atoms with E-state index in [1.807, 2.05) is 0 Å².